The van der Waals surface area contributed by atoms with E-state index in [9.17, 15) is 9.59 Å². The molecule has 1 atom stereocenters. The first kappa shape index (κ1) is 16.7. The zero-order valence-corrected chi connectivity index (χ0v) is 14.0. The summed E-state index contributed by atoms with van der Waals surface area (Å²) < 4.78 is 1.00. The first-order valence-electron chi connectivity index (χ1n) is 6.68. The molecule has 0 aromatic heterocycles. The minimum atomic E-state index is -0.178. The molecule has 110 valence electrons. The van der Waals surface area contributed by atoms with E-state index in [0.29, 0.717) is 0 Å². The highest BCUT2D eigenvalue weighted by Gasteiger charge is 2.18. The highest BCUT2D eigenvalue weighted by atomic mass is 79.9. The number of hydrogen-bond donors (Lipinski definition) is 1. The normalized spacial score (nSPS) is 11.8. The van der Waals surface area contributed by atoms with Crippen molar-refractivity contribution in [3.8, 4) is 0 Å². The summed E-state index contributed by atoms with van der Waals surface area (Å²) in [5.41, 5.74) is 1.79. The Hall–Kier alpha value is -1.36. The Morgan fingerprint density at radius 1 is 1.40 bits per heavy atom. The summed E-state index contributed by atoms with van der Waals surface area (Å²) in [5, 5.41) is 2.82. The van der Waals surface area contributed by atoms with Crippen molar-refractivity contribution >= 4 is 33.4 Å². The van der Waals surface area contributed by atoms with Crippen LogP contribution in [0.3, 0.4) is 0 Å². The van der Waals surface area contributed by atoms with Crippen molar-refractivity contribution in [3.63, 3.8) is 0 Å². The van der Waals surface area contributed by atoms with Crippen molar-refractivity contribution in [1.29, 1.82) is 0 Å². The summed E-state index contributed by atoms with van der Waals surface area (Å²) in [6, 6.07) is 5.67. The van der Waals surface area contributed by atoms with E-state index in [1.807, 2.05) is 39.0 Å². The second-order valence-electron chi connectivity index (χ2n) is 4.92. The highest BCUT2D eigenvalue weighted by Crippen LogP contribution is 2.20. The van der Waals surface area contributed by atoms with Gasteiger partial charge in [0.25, 0.3) is 0 Å². The maximum Gasteiger partial charge on any atom is 0.244 e. The van der Waals surface area contributed by atoms with E-state index in [-0.39, 0.29) is 24.4 Å². The number of carbonyl (C=O) groups excluding carboxylic acids is 2. The van der Waals surface area contributed by atoms with Crippen LogP contribution in [-0.4, -0.2) is 29.3 Å². The predicted octanol–water partition coefficient (Wildman–Crippen LogP) is 3.34. The van der Waals surface area contributed by atoms with Gasteiger partial charge >= 0.3 is 0 Å². The predicted molar refractivity (Wildman–Crippen MR) is 84.6 cm³/mol. The van der Waals surface area contributed by atoms with Gasteiger partial charge in [-0.1, -0.05) is 22.9 Å². The van der Waals surface area contributed by atoms with Crippen molar-refractivity contribution in [2.24, 2.45) is 0 Å². The molecule has 0 aliphatic carbocycles. The molecule has 0 fully saturated rings. The molecule has 2 amide bonds. The average molecular weight is 341 g/mol. The molecular weight excluding hydrogens is 320 g/mol. The van der Waals surface area contributed by atoms with Crippen LogP contribution in [-0.2, 0) is 9.59 Å². The molecule has 0 bridgehead atoms. The van der Waals surface area contributed by atoms with Gasteiger partial charge in [0.2, 0.25) is 11.8 Å². The zero-order valence-electron chi connectivity index (χ0n) is 12.4. The maximum absolute atomic E-state index is 12.0. The van der Waals surface area contributed by atoms with Gasteiger partial charge in [0.1, 0.15) is 6.54 Å². The second kappa shape index (κ2) is 7.43. The SMILES string of the molecule is CCC(C)N(CC(=O)Nc1ccc(Br)c(C)c1)C(C)=O. The van der Waals surface area contributed by atoms with Gasteiger partial charge < -0.3 is 10.2 Å². The standard InChI is InChI=1S/C15H21BrN2O2/c1-5-11(3)18(12(4)19)9-15(20)17-13-6-7-14(16)10(2)8-13/h6-8,11H,5,9H2,1-4H3,(H,17,20). The molecule has 1 aromatic carbocycles. The summed E-state index contributed by atoms with van der Waals surface area (Å²) in [4.78, 5) is 25.2. The third kappa shape index (κ3) is 4.63. The molecule has 1 unspecified atom stereocenters. The number of nitrogens with one attached hydrogen (secondary N) is 1. The fraction of sp³-hybridized carbons (Fsp3) is 0.467. The molecule has 0 spiro atoms. The number of aryl methyl sites for hydroxylation is 1. The highest BCUT2D eigenvalue weighted by molar-refractivity contribution is 9.10. The van der Waals surface area contributed by atoms with Crippen LogP contribution in [0.15, 0.2) is 22.7 Å². The number of hydrogen-bond acceptors (Lipinski definition) is 2. The molecule has 1 N–H and O–H groups in total. The lowest BCUT2D eigenvalue weighted by Crippen LogP contribution is -2.42. The first-order chi connectivity index (χ1) is 9.35. The van der Waals surface area contributed by atoms with Gasteiger partial charge in [-0.3, -0.25) is 9.59 Å². The molecule has 0 saturated carbocycles. The Morgan fingerprint density at radius 3 is 2.55 bits per heavy atom. The summed E-state index contributed by atoms with van der Waals surface area (Å²) in [6.07, 6.45) is 0.824. The largest absolute Gasteiger partial charge is 0.331 e. The average Bonchev–Trinajstić information content (AvgIpc) is 2.39. The van der Waals surface area contributed by atoms with Crippen LogP contribution in [0.2, 0.25) is 0 Å². The van der Waals surface area contributed by atoms with Crippen LogP contribution < -0.4 is 5.32 Å². The molecular formula is C15H21BrN2O2. The topological polar surface area (TPSA) is 49.4 Å². The van der Waals surface area contributed by atoms with E-state index in [2.05, 4.69) is 21.2 Å². The van der Waals surface area contributed by atoms with Crippen LogP contribution in [0.1, 0.15) is 32.8 Å². The lowest BCUT2D eigenvalue weighted by molar-refractivity contribution is -0.134. The van der Waals surface area contributed by atoms with Gasteiger partial charge in [-0.15, -0.1) is 0 Å². The fourth-order valence-corrected chi connectivity index (χ4v) is 2.12. The number of nitrogens with zero attached hydrogens (tertiary/aromatic N) is 1. The van der Waals surface area contributed by atoms with Crippen molar-refractivity contribution in [2.75, 3.05) is 11.9 Å². The summed E-state index contributed by atoms with van der Waals surface area (Å²) in [5.74, 6) is -0.260. The number of amides is 2. The van der Waals surface area contributed by atoms with Gasteiger partial charge in [0.05, 0.1) is 0 Å². The van der Waals surface area contributed by atoms with Crippen molar-refractivity contribution in [3.05, 3.63) is 28.2 Å². The number of halogens is 1. The Labute approximate surface area is 128 Å². The Balaban J connectivity index is 2.70. The van der Waals surface area contributed by atoms with E-state index in [1.165, 1.54) is 6.92 Å². The fourth-order valence-electron chi connectivity index (χ4n) is 1.88. The summed E-state index contributed by atoms with van der Waals surface area (Å²) in [7, 11) is 0. The lowest BCUT2D eigenvalue weighted by atomic mass is 10.2. The van der Waals surface area contributed by atoms with Gasteiger partial charge in [0.15, 0.2) is 0 Å². The molecule has 1 aromatic rings. The number of anilines is 1. The Morgan fingerprint density at radius 2 is 2.05 bits per heavy atom. The van der Waals surface area contributed by atoms with Crippen LogP contribution >= 0.6 is 15.9 Å². The maximum atomic E-state index is 12.0. The molecule has 1 rings (SSSR count). The smallest absolute Gasteiger partial charge is 0.244 e. The number of rotatable bonds is 5. The van der Waals surface area contributed by atoms with Gasteiger partial charge in [-0.05, 0) is 44.0 Å². The summed E-state index contributed by atoms with van der Waals surface area (Å²) >= 11 is 3.42. The molecule has 20 heavy (non-hydrogen) atoms. The lowest BCUT2D eigenvalue weighted by Gasteiger charge is -2.26. The van der Waals surface area contributed by atoms with E-state index >= 15 is 0 Å². The van der Waals surface area contributed by atoms with E-state index < -0.39 is 0 Å². The number of carbonyl (C=O) groups is 2. The van der Waals surface area contributed by atoms with Crippen LogP contribution in [0.4, 0.5) is 5.69 Å². The van der Waals surface area contributed by atoms with E-state index in [0.717, 1.165) is 22.1 Å². The third-order valence-corrected chi connectivity index (χ3v) is 4.17. The molecule has 0 saturated heterocycles. The number of benzene rings is 1. The van der Waals surface area contributed by atoms with Crippen molar-refractivity contribution in [2.45, 2.75) is 40.2 Å². The molecule has 0 radical (unpaired) electrons. The Bertz CT molecular complexity index is 503. The van der Waals surface area contributed by atoms with Gasteiger partial charge in [0, 0.05) is 23.1 Å². The van der Waals surface area contributed by atoms with Crippen LogP contribution in [0.5, 0.6) is 0 Å². The first-order valence-corrected chi connectivity index (χ1v) is 7.47. The molecule has 0 heterocycles. The van der Waals surface area contributed by atoms with Gasteiger partial charge in [-0.25, -0.2) is 0 Å². The van der Waals surface area contributed by atoms with Crippen molar-refractivity contribution < 1.29 is 9.59 Å². The van der Waals surface area contributed by atoms with Crippen molar-refractivity contribution in [1.82, 2.24) is 4.90 Å². The zero-order chi connectivity index (χ0) is 15.3. The summed E-state index contributed by atoms with van der Waals surface area (Å²) in [6.45, 7) is 7.47. The van der Waals surface area contributed by atoms with E-state index in [4.69, 9.17) is 0 Å². The minimum absolute atomic E-state index is 0.0601. The second-order valence-corrected chi connectivity index (χ2v) is 5.77. The minimum Gasteiger partial charge on any atom is -0.331 e. The quantitative estimate of drug-likeness (QED) is 0.893. The molecule has 0 aliphatic heterocycles. The Kier molecular flexibility index (Phi) is 6.20. The van der Waals surface area contributed by atoms with Crippen LogP contribution in [0.25, 0.3) is 0 Å². The van der Waals surface area contributed by atoms with Crippen LogP contribution in [0, 0.1) is 6.92 Å². The van der Waals surface area contributed by atoms with Gasteiger partial charge in [-0.2, -0.15) is 0 Å². The third-order valence-electron chi connectivity index (χ3n) is 3.28. The monoisotopic (exact) mass is 340 g/mol. The van der Waals surface area contributed by atoms with E-state index in [1.54, 1.807) is 4.90 Å². The molecule has 0 aliphatic rings. The molecule has 5 heteroatoms. The molecule has 4 nitrogen and oxygen atoms in total.